The summed E-state index contributed by atoms with van der Waals surface area (Å²) in [7, 11) is 0. The molecule has 3 amide bonds. The molecule has 0 saturated carbocycles. The Kier molecular flexibility index (Phi) is 6.24. The molecule has 3 rings (SSSR count). The van der Waals surface area contributed by atoms with E-state index in [0.29, 0.717) is 32.5 Å². The van der Waals surface area contributed by atoms with Gasteiger partial charge in [0.2, 0.25) is 11.8 Å². The van der Waals surface area contributed by atoms with E-state index >= 15 is 0 Å². The summed E-state index contributed by atoms with van der Waals surface area (Å²) in [6.45, 7) is 3.09. The van der Waals surface area contributed by atoms with Crippen LogP contribution in [0.1, 0.15) is 35.0 Å². The highest BCUT2D eigenvalue weighted by Crippen LogP contribution is 2.21. The van der Waals surface area contributed by atoms with Crippen LogP contribution >= 0.6 is 11.3 Å². The molecule has 142 valence electrons. The van der Waals surface area contributed by atoms with Crippen LogP contribution in [0.4, 0.5) is 5.69 Å². The number of carbonyl (C=O) groups excluding carboxylic acids is 3. The van der Waals surface area contributed by atoms with E-state index in [4.69, 9.17) is 0 Å². The molecule has 0 bridgehead atoms. The van der Waals surface area contributed by atoms with E-state index in [-0.39, 0.29) is 23.6 Å². The topological polar surface area (TPSA) is 78.5 Å². The van der Waals surface area contributed by atoms with Crippen LogP contribution < -0.4 is 10.6 Å². The third-order valence-corrected chi connectivity index (χ3v) is 5.46. The third kappa shape index (κ3) is 5.17. The van der Waals surface area contributed by atoms with Crippen LogP contribution in [-0.2, 0) is 16.1 Å². The Labute approximate surface area is 162 Å². The van der Waals surface area contributed by atoms with Crippen molar-refractivity contribution < 1.29 is 14.4 Å². The number of benzene rings is 1. The van der Waals surface area contributed by atoms with Gasteiger partial charge in [0.1, 0.15) is 0 Å². The number of amides is 3. The number of carbonyl (C=O) groups is 3. The monoisotopic (exact) mass is 385 g/mol. The van der Waals surface area contributed by atoms with E-state index in [0.717, 1.165) is 16.1 Å². The minimum atomic E-state index is -0.125. The second-order valence-corrected chi connectivity index (χ2v) is 7.59. The third-order valence-electron chi connectivity index (χ3n) is 4.60. The summed E-state index contributed by atoms with van der Waals surface area (Å²) >= 11 is 1.45. The Morgan fingerprint density at radius 2 is 1.93 bits per heavy atom. The fourth-order valence-corrected chi connectivity index (χ4v) is 3.89. The van der Waals surface area contributed by atoms with Gasteiger partial charge < -0.3 is 15.5 Å². The number of likely N-dealkylation sites (tertiary alicyclic amines) is 1. The van der Waals surface area contributed by atoms with Crippen molar-refractivity contribution in [2.24, 2.45) is 5.92 Å². The van der Waals surface area contributed by atoms with Crippen molar-refractivity contribution in [2.45, 2.75) is 26.3 Å². The van der Waals surface area contributed by atoms with Gasteiger partial charge >= 0.3 is 0 Å². The molecular formula is C20H23N3O3S. The van der Waals surface area contributed by atoms with Gasteiger partial charge in [-0.3, -0.25) is 14.4 Å². The number of hydrogen-bond donors (Lipinski definition) is 2. The first-order chi connectivity index (χ1) is 13.0. The minimum Gasteiger partial charge on any atom is -0.352 e. The average molecular weight is 385 g/mol. The maximum absolute atomic E-state index is 12.5. The molecule has 1 aromatic carbocycles. The van der Waals surface area contributed by atoms with Crippen molar-refractivity contribution >= 4 is 34.7 Å². The molecule has 2 N–H and O–H groups in total. The number of thiophene rings is 1. The number of rotatable bonds is 5. The molecule has 2 heterocycles. The van der Waals surface area contributed by atoms with E-state index in [9.17, 15) is 14.4 Å². The van der Waals surface area contributed by atoms with Gasteiger partial charge in [-0.15, -0.1) is 11.3 Å². The standard InChI is InChI=1S/C20H23N3O3S/c1-14(24)22-17-5-2-4-15(12-17)13-21-19(25)16-7-9-23(10-8-16)20(26)18-6-3-11-27-18/h2-6,11-12,16H,7-10,13H2,1H3,(H,21,25)(H,22,24). The minimum absolute atomic E-state index is 0.0168. The molecule has 0 atom stereocenters. The van der Waals surface area contributed by atoms with Gasteiger partial charge in [-0.25, -0.2) is 0 Å². The number of nitrogens with one attached hydrogen (secondary N) is 2. The second-order valence-electron chi connectivity index (χ2n) is 6.64. The van der Waals surface area contributed by atoms with Crippen molar-refractivity contribution in [3.8, 4) is 0 Å². The Morgan fingerprint density at radius 3 is 2.59 bits per heavy atom. The summed E-state index contributed by atoms with van der Waals surface area (Å²) < 4.78 is 0. The fourth-order valence-electron chi connectivity index (χ4n) is 3.20. The molecule has 1 aromatic heterocycles. The molecule has 1 aliphatic heterocycles. The van der Waals surface area contributed by atoms with E-state index in [1.54, 1.807) is 0 Å². The average Bonchev–Trinajstić information content (AvgIpc) is 3.20. The fraction of sp³-hybridized carbons (Fsp3) is 0.350. The largest absolute Gasteiger partial charge is 0.352 e. The van der Waals surface area contributed by atoms with E-state index in [1.807, 2.05) is 46.7 Å². The van der Waals surface area contributed by atoms with Gasteiger partial charge in [-0.2, -0.15) is 0 Å². The summed E-state index contributed by atoms with van der Waals surface area (Å²) in [6.07, 6.45) is 1.35. The maximum Gasteiger partial charge on any atom is 0.263 e. The Bertz CT molecular complexity index is 812. The van der Waals surface area contributed by atoms with Crippen molar-refractivity contribution in [1.29, 1.82) is 0 Å². The number of nitrogens with zero attached hydrogens (tertiary/aromatic N) is 1. The second kappa shape index (κ2) is 8.81. The smallest absolute Gasteiger partial charge is 0.263 e. The van der Waals surface area contributed by atoms with Gasteiger partial charge in [0.15, 0.2) is 0 Å². The summed E-state index contributed by atoms with van der Waals surface area (Å²) in [4.78, 5) is 38.5. The summed E-state index contributed by atoms with van der Waals surface area (Å²) in [6, 6.07) is 11.1. The van der Waals surface area contributed by atoms with Crippen LogP contribution in [0, 0.1) is 5.92 Å². The Morgan fingerprint density at radius 1 is 1.15 bits per heavy atom. The summed E-state index contributed by atoms with van der Waals surface area (Å²) in [5.74, 6) is -0.127. The van der Waals surface area contributed by atoms with Crippen molar-refractivity contribution in [3.05, 3.63) is 52.2 Å². The highest BCUT2D eigenvalue weighted by Gasteiger charge is 2.27. The highest BCUT2D eigenvalue weighted by molar-refractivity contribution is 7.12. The molecule has 1 fully saturated rings. The van der Waals surface area contributed by atoms with Crippen LogP contribution in [0.2, 0.25) is 0 Å². The van der Waals surface area contributed by atoms with Crippen molar-refractivity contribution in [1.82, 2.24) is 10.2 Å². The van der Waals surface area contributed by atoms with Crippen LogP contribution in [-0.4, -0.2) is 35.7 Å². The first-order valence-corrected chi connectivity index (χ1v) is 9.88. The summed E-state index contributed by atoms with van der Waals surface area (Å²) in [5.41, 5.74) is 1.65. The first kappa shape index (κ1) is 19.1. The normalized spacial score (nSPS) is 14.6. The quantitative estimate of drug-likeness (QED) is 0.831. The molecule has 27 heavy (non-hydrogen) atoms. The number of anilines is 1. The van der Waals surface area contributed by atoms with Crippen LogP contribution in [0.5, 0.6) is 0 Å². The van der Waals surface area contributed by atoms with Gasteiger partial charge in [-0.05, 0) is 42.0 Å². The van der Waals surface area contributed by atoms with Crippen LogP contribution in [0.25, 0.3) is 0 Å². The van der Waals surface area contributed by atoms with Gasteiger partial charge in [0, 0.05) is 38.2 Å². The zero-order valence-corrected chi connectivity index (χ0v) is 16.1. The van der Waals surface area contributed by atoms with Crippen LogP contribution in [0.3, 0.4) is 0 Å². The first-order valence-electron chi connectivity index (χ1n) is 9.00. The lowest BCUT2D eigenvalue weighted by molar-refractivity contribution is -0.126. The SMILES string of the molecule is CC(=O)Nc1cccc(CNC(=O)C2CCN(C(=O)c3cccs3)CC2)c1. The molecule has 0 radical (unpaired) electrons. The molecule has 0 unspecified atom stereocenters. The molecule has 7 heteroatoms. The van der Waals surface area contributed by atoms with Crippen molar-refractivity contribution in [2.75, 3.05) is 18.4 Å². The molecule has 1 saturated heterocycles. The lowest BCUT2D eigenvalue weighted by Gasteiger charge is -2.31. The van der Waals surface area contributed by atoms with Crippen molar-refractivity contribution in [3.63, 3.8) is 0 Å². The summed E-state index contributed by atoms with van der Waals surface area (Å²) in [5, 5.41) is 7.60. The van der Waals surface area contributed by atoms with Crippen LogP contribution in [0.15, 0.2) is 41.8 Å². The zero-order chi connectivity index (χ0) is 19.2. The van der Waals surface area contributed by atoms with E-state index < -0.39 is 0 Å². The van der Waals surface area contributed by atoms with Gasteiger partial charge in [-0.1, -0.05) is 18.2 Å². The number of hydrogen-bond acceptors (Lipinski definition) is 4. The lowest BCUT2D eigenvalue weighted by Crippen LogP contribution is -2.42. The molecule has 2 aromatic rings. The highest BCUT2D eigenvalue weighted by atomic mass is 32.1. The Balaban J connectivity index is 1.47. The molecular weight excluding hydrogens is 362 g/mol. The molecule has 0 spiro atoms. The molecule has 0 aliphatic carbocycles. The van der Waals surface area contributed by atoms with Gasteiger partial charge in [0.05, 0.1) is 4.88 Å². The molecule has 1 aliphatic rings. The predicted octanol–water partition coefficient (Wildman–Crippen LogP) is 2.88. The molecule has 6 nitrogen and oxygen atoms in total. The van der Waals surface area contributed by atoms with Gasteiger partial charge in [0.25, 0.3) is 5.91 Å². The number of piperidine rings is 1. The van der Waals surface area contributed by atoms with E-state index in [1.165, 1.54) is 18.3 Å². The zero-order valence-electron chi connectivity index (χ0n) is 15.2. The van der Waals surface area contributed by atoms with E-state index in [2.05, 4.69) is 10.6 Å². The predicted molar refractivity (Wildman–Crippen MR) is 106 cm³/mol. The Hall–Kier alpha value is -2.67. The lowest BCUT2D eigenvalue weighted by atomic mass is 9.95. The maximum atomic E-state index is 12.5.